The predicted molar refractivity (Wildman–Crippen MR) is 490 cm³/mol. The van der Waals surface area contributed by atoms with Gasteiger partial charge in [-0.25, -0.2) is 0 Å². The van der Waals surface area contributed by atoms with Gasteiger partial charge in [0.1, 0.15) is 0 Å². The molecule has 0 N–H and O–H groups in total. The topological polar surface area (TPSA) is 11.4 Å². The van der Waals surface area contributed by atoms with Gasteiger partial charge < -0.3 is 14.4 Å². The first-order chi connectivity index (χ1) is 55.7. The largest absolute Gasteiger partial charge is 0.311 e. The molecule has 7 heteroatoms. The summed E-state index contributed by atoms with van der Waals surface area (Å²) < 4.78 is 2.56. The van der Waals surface area contributed by atoms with Crippen molar-refractivity contribution in [3.05, 3.63) is 448 Å². The number of anilines is 6. The van der Waals surface area contributed by atoms with E-state index < -0.39 is 24.2 Å². The van der Waals surface area contributed by atoms with E-state index in [9.17, 15) is 0 Å². The van der Waals surface area contributed by atoms with Gasteiger partial charge in [-0.15, -0.1) is 0 Å². The van der Waals surface area contributed by atoms with E-state index in [1.807, 2.05) is 0 Å². The van der Waals surface area contributed by atoms with E-state index in [2.05, 4.69) is 478 Å². The summed E-state index contributed by atoms with van der Waals surface area (Å²) in [4.78, 5) is 5.45. The van der Waals surface area contributed by atoms with Gasteiger partial charge >= 0.3 is 0 Å². The minimum atomic E-state index is -3.34. The lowest BCUT2D eigenvalue weighted by Crippen LogP contribution is -2.76. The Morgan fingerprint density at radius 2 is 0.619 bits per heavy atom. The summed E-state index contributed by atoms with van der Waals surface area (Å²) in [5.74, 6) is 0. The smallest absolute Gasteiger partial charge is 0.252 e. The molecule has 0 aliphatic carbocycles. The van der Waals surface area contributed by atoms with E-state index in [1.54, 1.807) is 0 Å². The Morgan fingerprint density at radius 3 is 1.07 bits per heavy atom. The number of para-hydroxylation sites is 4. The molecule has 17 aromatic carbocycles. The third-order valence-electron chi connectivity index (χ3n) is 24.4. The summed E-state index contributed by atoms with van der Waals surface area (Å²) in [7, 11) is -9.58. The van der Waals surface area contributed by atoms with Crippen LogP contribution in [0.15, 0.2) is 443 Å². The van der Waals surface area contributed by atoms with Crippen LogP contribution < -0.4 is 88.4 Å². The summed E-state index contributed by atoms with van der Waals surface area (Å²) in [6, 6.07) is 170. The normalized spacial score (nSPS) is 12.7. The van der Waals surface area contributed by atoms with Gasteiger partial charge in [-0.05, 0) is 144 Å². The maximum Gasteiger partial charge on any atom is 0.252 e. The van der Waals surface area contributed by atoms with Crippen molar-refractivity contribution in [1.29, 1.82) is 0 Å². The van der Waals surface area contributed by atoms with Gasteiger partial charge in [0.2, 0.25) is 0 Å². The number of rotatable bonds is 16. The molecular formula is C106H82BN3Si3. The summed E-state index contributed by atoms with van der Waals surface area (Å²) >= 11 is 0. The second-order valence-corrected chi connectivity index (χ2v) is 42.7. The van der Waals surface area contributed by atoms with Gasteiger partial charge in [0.05, 0.1) is 16.7 Å². The Hall–Kier alpha value is -13.1. The first-order valence-corrected chi connectivity index (χ1v) is 45.6. The van der Waals surface area contributed by atoms with E-state index in [-0.39, 0.29) is 12.1 Å². The van der Waals surface area contributed by atoms with Crippen molar-refractivity contribution in [2.24, 2.45) is 0 Å². The quantitative estimate of drug-likeness (QED) is 0.0706. The standard InChI is InChI=1S/C106H82BN3Si3/c1-106(2,3)78-40-37-39-77(73-78)92-61-38-62-95-105(92)109(79-67-69-90(70-68-79)111(81-41-13-4-14-42-81,82-43-15-5-16-44-82)83-45-17-6-18-46-83)101-74-80(108-97-63-33-31-59-93(97)94-60-32-34-64-98(94)108)75-102-104(101)107(95)96-76-91(112(84-47-19-7-20-48-84,85-49-21-8-22-50-85)86-51-23-9-24-52-86)71-72-99(96)110(102)100-65-35-36-66-103(100)113(87-53-25-10-26-54-87,88-55-27-11-28-56-88)89-57-29-12-30-58-89/h4-76H,1-3H3. The maximum absolute atomic E-state index is 3.34. The number of fused-ring (bicyclic) bond motifs is 7. The molecule has 113 heavy (non-hydrogen) atoms. The van der Waals surface area contributed by atoms with Crippen LogP contribution in [0.4, 0.5) is 34.1 Å². The molecule has 20 rings (SSSR count). The van der Waals surface area contributed by atoms with Crippen molar-refractivity contribution in [2.75, 3.05) is 9.80 Å². The SMILES string of the molecule is CC(C)(C)c1cccc(-c2cccc3c2N(c2ccc([Si](c4ccccc4)(c4ccccc4)c4ccccc4)cc2)c2cc(-n4c5ccccc5c5ccccc54)cc4c2B3c2cc([Si](c3ccccc3)(c3ccccc3)c3ccccc3)ccc2N4c2ccccc2[Si](c2ccccc2)(c2ccccc2)c2ccccc2)c1. The van der Waals surface area contributed by atoms with Gasteiger partial charge in [0.15, 0.2) is 24.2 Å². The summed E-state index contributed by atoms with van der Waals surface area (Å²) in [5, 5.41) is 18.3. The highest BCUT2D eigenvalue weighted by molar-refractivity contribution is 7.21. The predicted octanol–water partition coefficient (Wildman–Crippen LogP) is 16.0. The van der Waals surface area contributed by atoms with Gasteiger partial charge in [-0.1, -0.05) is 415 Å². The fraction of sp³-hybridized carbons (Fsp3) is 0.0377. The Kier molecular flexibility index (Phi) is 17.3. The monoisotopic (exact) mass is 1490 g/mol. The average molecular weight is 1490 g/mol. The minimum Gasteiger partial charge on any atom is -0.311 e. The van der Waals surface area contributed by atoms with Crippen molar-refractivity contribution in [1.82, 2.24) is 4.57 Å². The van der Waals surface area contributed by atoms with Crippen molar-refractivity contribution in [3.8, 4) is 16.8 Å². The molecule has 2 aliphatic heterocycles. The molecule has 0 saturated carbocycles. The number of benzene rings is 17. The van der Waals surface area contributed by atoms with Gasteiger partial charge in [-0.3, -0.25) is 0 Å². The Morgan fingerprint density at radius 1 is 0.248 bits per heavy atom. The van der Waals surface area contributed by atoms with Crippen LogP contribution in [0.1, 0.15) is 26.3 Å². The Labute approximate surface area is 666 Å². The molecule has 0 saturated heterocycles. The lowest BCUT2D eigenvalue weighted by atomic mass is 9.33. The van der Waals surface area contributed by atoms with Crippen LogP contribution >= 0.6 is 0 Å². The third-order valence-corrected chi connectivity index (χ3v) is 38.8. The summed E-state index contributed by atoms with van der Waals surface area (Å²) in [6.45, 7) is 6.72. The zero-order valence-corrected chi connectivity index (χ0v) is 66.6. The van der Waals surface area contributed by atoms with Crippen molar-refractivity contribution >= 4 is 165 Å². The molecule has 0 atom stereocenters. The summed E-state index contributed by atoms with van der Waals surface area (Å²) in [5.41, 5.74) is 17.4. The number of aromatic nitrogens is 1. The molecule has 3 nitrogen and oxygen atoms in total. The molecule has 536 valence electrons. The van der Waals surface area contributed by atoms with Gasteiger partial charge in [-0.2, -0.15) is 0 Å². The van der Waals surface area contributed by atoms with Crippen molar-refractivity contribution < 1.29 is 0 Å². The Bertz CT molecular complexity index is 6180. The van der Waals surface area contributed by atoms with E-state index >= 15 is 0 Å². The minimum absolute atomic E-state index is 0.126. The second-order valence-electron chi connectivity index (χ2n) is 31.3. The molecule has 0 fully saturated rings. The zero-order chi connectivity index (χ0) is 75.7. The van der Waals surface area contributed by atoms with Crippen LogP contribution in [0.3, 0.4) is 0 Å². The van der Waals surface area contributed by atoms with Crippen molar-refractivity contribution in [3.63, 3.8) is 0 Å². The molecule has 18 aromatic rings. The Balaban J connectivity index is 0.962. The highest BCUT2D eigenvalue weighted by atomic mass is 28.3. The van der Waals surface area contributed by atoms with Gasteiger partial charge in [0, 0.05) is 50.5 Å². The lowest BCUT2D eigenvalue weighted by Gasteiger charge is -2.47. The number of hydrogen-bond donors (Lipinski definition) is 0. The van der Waals surface area contributed by atoms with E-state index in [0.29, 0.717) is 0 Å². The maximum atomic E-state index is 2.75. The molecule has 0 amide bonds. The summed E-state index contributed by atoms with van der Waals surface area (Å²) in [6.07, 6.45) is 0. The highest BCUT2D eigenvalue weighted by Gasteiger charge is 2.51. The number of nitrogens with zero attached hydrogens (tertiary/aromatic N) is 3. The van der Waals surface area contributed by atoms with Crippen LogP contribution in [0.25, 0.3) is 38.6 Å². The zero-order valence-electron chi connectivity index (χ0n) is 63.6. The molecule has 0 spiro atoms. The second kappa shape index (κ2) is 28.3. The molecule has 1 aromatic heterocycles. The fourth-order valence-electron chi connectivity index (χ4n) is 19.5. The fourth-order valence-corrected chi connectivity index (χ4v) is 34.0. The first-order valence-electron chi connectivity index (χ1n) is 39.6. The molecule has 2 aliphatic rings. The van der Waals surface area contributed by atoms with Crippen LogP contribution in [-0.4, -0.2) is 35.5 Å². The number of hydrogen-bond acceptors (Lipinski definition) is 2. The van der Waals surface area contributed by atoms with E-state index in [1.165, 1.54) is 112 Å². The first kappa shape index (κ1) is 69.1. The molecule has 0 unspecified atom stereocenters. The van der Waals surface area contributed by atoms with Crippen LogP contribution in [0.2, 0.25) is 0 Å². The van der Waals surface area contributed by atoms with Crippen LogP contribution in [-0.2, 0) is 5.41 Å². The molecule has 3 heterocycles. The molecule has 0 radical (unpaired) electrons. The van der Waals surface area contributed by atoms with Crippen molar-refractivity contribution in [2.45, 2.75) is 26.2 Å². The van der Waals surface area contributed by atoms with E-state index in [0.717, 1.165) is 45.2 Å². The highest BCUT2D eigenvalue weighted by Crippen LogP contribution is 2.49. The van der Waals surface area contributed by atoms with Gasteiger partial charge in [0.25, 0.3) is 6.71 Å². The lowest BCUT2D eigenvalue weighted by molar-refractivity contribution is 0.590. The van der Waals surface area contributed by atoms with Crippen LogP contribution in [0, 0.1) is 0 Å². The molecule has 0 bridgehead atoms. The van der Waals surface area contributed by atoms with Crippen LogP contribution in [0.5, 0.6) is 0 Å². The third kappa shape index (κ3) is 11.1. The van der Waals surface area contributed by atoms with E-state index in [4.69, 9.17) is 0 Å². The average Bonchev–Trinajstić information content (AvgIpc) is 1.34. The molecular weight excluding hydrogens is 1410 g/mol.